The van der Waals surface area contributed by atoms with Crippen LogP contribution >= 0.6 is 0 Å². The van der Waals surface area contributed by atoms with Gasteiger partial charge in [-0.25, -0.2) is 0 Å². The third-order valence-corrected chi connectivity index (χ3v) is 3.70. The minimum absolute atomic E-state index is 0.00116. The summed E-state index contributed by atoms with van der Waals surface area (Å²) in [5.41, 5.74) is 0. The molecule has 2 rings (SSSR count). The van der Waals surface area contributed by atoms with Crippen molar-refractivity contribution in [1.29, 1.82) is 0 Å². The van der Waals surface area contributed by atoms with E-state index in [0.717, 1.165) is 12.8 Å². The molecule has 1 aliphatic heterocycles. The van der Waals surface area contributed by atoms with Crippen LogP contribution in [-0.2, 0) is 9.53 Å². The van der Waals surface area contributed by atoms with Crippen LogP contribution in [0, 0.1) is 5.92 Å². The molecule has 0 radical (unpaired) electrons. The van der Waals surface area contributed by atoms with Gasteiger partial charge in [0.05, 0.1) is 25.4 Å². The van der Waals surface area contributed by atoms with Crippen LogP contribution in [0.1, 0.15) is 32.6 Å². The molecule has 2 atom stereocenters. The van der Waals surface area contributed by atoms with Gasteiger partial charge in [-0.2, -0.15) is 0 Å². The van der Waals surface area contributed by atoms with E-state index in [-0.39, 0.29) is 30.6 Å². The molecule has 1 heterocycles. The Labute approximate surface area is 96.6 Å². The highest BCUT2D eigenvalue weighted by atomic mass is 16.5. The molecule has 4 heteroatoms. The third-order valence-electron chi connectivity index (χ3n) is 3.70. The summed E-state index contributed by atoms with van der Waals surface area (Å²) in [6, 6.07) is 0.149. The van der Waals surface area contributed by atoms with Crippen molar-refractivity contribution in [1.82, 2.24) is 4.90 Å². The van der Waals surface area contributed by atoms with Crippen molar-refractivity contribution < 1.29 is 14.6 Å². The van der Waals surface area contributed by atoms with E-state index in [1.165, 1.54) is 12.8 Å². The van der Waals surface area contributed by atoms with Crippen LogP contribution in [0.15, 0.2) is 0 Å². The zero-order valence-electron chi connectivity index (χ0n) is 9.89. The molecule has 1 amide bonds. The molecule has 2 aliphatic rings. The van der Waals surface area contributed by atoms with Gasteiger partial charge in [-0.05, 0) is 19.8 Å². The number of carbonyl (C=O) groups excluding carboxylic acids is 1. The monoisotopic (exact) mass is 227 g/mol. The Morgan fingerprint density at radius 2 is 2.12 bits per heavy atom. The van der Waals surface area contributed by atoms with Crippen LogP contribution < -0.4 is 0 Å². The Kier molecular flexibility index (Phi) is 3.82. The molecular weight excluding hydrogens is 206 g/mol. The fourth-order valence-electron chi connectivity index (χ4n) is 2.64. The topological polar surface area (TPSA) is 49.8 Å². The molecule has 0 bridgehead atoms. The summed E-state index contributed by atoms with van der Waals surface area (Å²) in [4.78, 5) is 14.2. The number of aliphatic hydroxyl groups excluding tert-OH is 1. The van der Waals surface area contributed by atoms with Gasteiger partial charge >= 0.3 is 0 Å². The average Bonchev–Trinajstić information content (AvgIpc) is 2.82. The van der Waals surface area contributed by atoms with Crippen molar-refractivity contribution in [2.24, 2.45) is 5.92 Å². The molecule has 0 aromatic carbocycles. The van der Waals surface area contributed by atoms with Crippen molar-refractivity contribution in [3.8, 4) is 0 Å². The summed E-state index contributed by atoms with van der Waals surface area (Å²) in [5.74, 6) is 0.492. The zero-order chi connectivity index (χ0) is 11.5. The smallest absolute Gasteiger partial charge is 0.226 e. The van der Waals surface area contributed by atoms with Crippen LogP contribution in [0.4, 0.5) is 0 Å². The number of nitrogens with zero attached hydrogens (tertiary/aromatic N) is 1. The van der Waals surface area contributed by atoms with Crippen LogP contribution in [-0.4, -0.2) is 47.8 Å². The van der Waals surface area contributed by atoms with E-state index < -0.39 is 0 Å². The highest BCUT2D eigenvalue weighted by Gasteiger charge is 2.34. The number of carbonyl (C=O) groups is 1. The van der Waals surface area contributed by atoms with Crippen molar-refractivity contribution in [3.05, 3.63) is 0 Å². The molecule has 1 saturated carbocycles. The van der Waals surface area contributed by atoms with Gasteiger partial charge in [0.25, 0.3) is 0 Å². The van der Waals surface area contributed by atoms with E-state index in [0.29, 0.717) is 13.2 Å². The van der Waals surface area contributed by atoms with Gasteiger partial charge in [-0.1, -0.05) is 12.8 Å². The summed E-state index contributed by atoms with van der Waals surface area (Å²) < 4.78 is 5.44. The fourth-order valence-corrected chi connectivity index (χ4v) is 2.64. The minimum atomic E-state index is -0.193. The molecule has 1 saturated heterocycles. The van der Waals surface area contributed by atoms with Crippen LogP contribution in [0.5, 0.6) is 0 Å². The average molecular weight is 227 g/mol. The van der Waals surface area contributed by atoms with E-state index in [9.17, 15) is 4.79 Å². The first kappa shape index (κ1) is 11.9. The second kappa shape index (κ2) is 5.15. The first-order valence-electron chi connectivity index (χ1n) is 6.25. The molecule has 16 heavy (non-hydrogen) atoms. The number of aliphatic hydroxyl groups is 1. The Morgan fingerprint density at radius 3 is 2.75 bits per heavy atom. The van der Waals surface area contributed by atoms with Crippen LogP contribution in [0.2, 0.25) is 0 Å². The summed E-state index contributed by atoms with van der Waals surface area (Å²) in [6.07, 6.45) is 4.23. The summed E-state index contributed by atoms with van der Waals surface area (Å²) in [6.45, 7) is 3.11. The maximum absolute atomic E-state index is 12.3. The molecule has 1 N–H and O–H groups in total. The van der Waals surface area contributed by atoms with E-state index >= 15 is 0 Å². The number of hydrogen-bond acceptors (Lipinski definition) is 3. The number of morpholine rings is 1. The lowest BCUT2D eigenvalue weighted by molar-refractivity contribution is -0.150. The molecule has 0 spiro atoms. The molecule has 0 aromatic rings. The summed E-state index contributed by atoms with van der Waals surface area (Å²) >= 11 is 0. The first-order valence-corrected chi connectivity index (χ1v) is 6.25. The first-order chi connectivity index (χ1) is 7.72. The van der Waals surface area contributed by atoms with Gasteiger partial charge in [0, 0.05) is 12.5 Å². The van der Waals surface area contributed by atoms with Gasteiger partial charge in [0.2, 0.25) is 5.91 Å². The Balaban J connectivity index is 1.97. The summed E-state index contributed by atoms with van der Waals surface area (Å²) in [5, 5.41) is 9.08. The zero-order valence-corrected chi connectivity index (χ0v) is 9.89. The van der Waals surface area contributed by atoms with Gasteiger partial charge < -0.3 is 14.7 Å². The highest BCUT2D eigenvalue weighted by Crippen LogP contribution is 2.28. The van der Waals surface area contributed by atoms with E-state index in [1.807, 2.05) is 11.8 Å². The van der Waals surface area contributed by atoms with Crippen molar-refractivity contribution in [3.63, 3.8) is 0 Å². The van der Waals surface area contributed by atoms with Gasteiger partial charge in [0.1, 0.15) is 0 Å². The number of rotatable bonds is 2. The predicted molar refractivity (Wildman–Crippen MR) is 60.0 cm³/mol. The maximum atomic E-state index is 12.3. The molecule has 4 nitrogen and oxygen atoms in total. The largest absolute Gasteiger partial charge is 0.394 e. The van der Waals surface area contributed by atoms with Crippen molar-refractivity contribution >= 4 is 5.91 Å². The third kappa shape index (κ3) is 2.38. The van der Waals surface area contributed by atoms with Crippen LogP contribution in [0.3, 0.4) is 0 Å². The Morgan fingerprint density at radius 1 is 1.44 bits per heavy atom. The quantitative estimate of drug-likeness (QED) is 0.758. The second-order valence-corrected chi connectivity index (χ2v) is 4.96. The molecular formula is C12H21NO3. The Hall–Kier alpha value is -0.610. The second-order valence-electron chi connectivity index (χ2n) is 4.96. The molecule has 2 unspecified atom stereocenters. The summed E-state index contributed by atoms with van der Waals surface area (Å²) in [7, 11) is 0. The van der Waals surface area contributed by atoms with Crippen LogP contribution in [0.25, 0.3) is 0 Å². The fraction of sp³-hybridized carbons (Fsp3) is 0.917. The normalized spacial score (nSPS) is 32.0. The van der Waals surface area contributed by atoms with E-state index in [1.54, 1.807) is 0 Å². The van der Waals surface area contributed by atoms with Gasteiger partial charge in [-0.15, -0.1) is 0 Å². The van der Waals surface area contributed by atoms with E-state index in [2.05, 4.69) is 0 Å². The standard InChI is InChI=1S/C12H21NO3/c1-9-8-16-11(7-14)6-13(9)12(15)10-4-2-3-5-10/h9-11,14H,2-8H2,1H3. The maximum Gasteiger partial charge on any atom is 0.226 e. The molecule has 2 fully saturated rings. The lowest BCUT2D eigenvalue weighted by atomic mass is 10.0. The lowest BCUT2D eigenvalue weighted by Crippen LogP contribution is -2.53. The number of ether oxygens (including phenoxy) is 1. The van der Waals surface area contributed by atoms with Gasteiger partial charge in [0.15, 0.2) is 0 Å². The molecule has 0 aromatic heterocycles. The SMILES string of the molecule is CC1COC(CO)CN1C(=O)C1CCCC1. The molecule has 92 valence electrons. The van der Waals surface area contributed by atoms with E-state index in [4.69, 9.17) is 9.84 Å². The van der Waals surface area contributed by atoms with Crippen molar-refractivity contribution in [2.45, 2.75) is 44.8 Å². The Bertz CT molecular complexity index is 251. The highest BCUT2D eigenvalue weighted by molar-refractivity contribution is 5.79. The lowest BCUT2D eigenvalue weighted by Gasteiger charge is -2.38. The van der Waals surface area contributed by atoms with Crippen molar-refractivity contribution in [2.75, 3.05) is 19.8 Å². The minimum Gasteiger partial charge on any atom is -0.394 e. The number of amides is 1. The predicted octanol–water partition coefficient (Wildman–Crippen LogP) is 0.785. The number of hydrogen-bond donors (Lipinski definition) is 1. The van der Waals surface area contributed by atoms with Gasteiger partial charge in [-0.3, -0.25) is 4.79 Å². The molecule has 1 aliphatic carbocycles.